The summed E-state index contributed by atoms with van der Waals surface area (Å²) >= 11 is 1.24. The van der Waals surface area contributed by atoms with E-state index in [4.69, 9.17) is 10.2 Å². The molecule has 29 heavy (non-hydrogen) atoms. The van der Waals surface area contributed by atoms with Gasteiger partial charge in [0.15, 0.2) is 5.69 Å². The summed E-state index contributed by atoms with van der Waals surface area (Å²) in [5.74, 6) is -0.00395. The van der Waals surface area contributed by atoms with Gasteiger partial charge in [-0.15, -0.1) is 11.3 Å². The lowest BCUT2D eigenvalue weighted by atomic mass is 10.2. The number of hydrogen-bond acceptors (Lipinski definition) is 7. The number of thiazole rings is 1. The Morgan fingerprint density at radius 2 is 2.14 bits per heavy atom. The first-order valence-corrected chi connectivity index (χ1v) is 10.1. The van der Waals surface area contributed by atoms with Gasteiger partial charge in [0.25, 0.3) is 11.5 Å². The monoisotopic (exact) mass is 417 g/mol. The summed E-state index contributed by atoms with van der Waals surface area (Å²) in [6, 6.07) is 3.39. The third-order valence-corrected chi connectivity index (χ3v) is 5.52. The van der Waals surface area contributed by atoms with Crippen LogP contribution in [0.5, 0.6) is 0 Å². The Balaban J connectivity index is 2.16. The highest BCUT2D eigenvalue weighted by atomic mass is 32.1. The predicted octanol–water partition coefficient (Wildman–Crippen LogP) is 2.43. The van der Waals surface area contributed by atoms with Crippen molar-refractivity contribution in [1.82, 2.24) is 14.5 Å². The molecule has 0 saturated carbocycles. The minimum atomic E-state index is -0.723. The van der Waals surface area contributed by atoms with Gasteiger partial charge in [0.2, 0.25) is 0 Å². The molecule has 0 atom stereocenters. The molecule has 0 unspecified atom stereocenters. The molecular weight excluding hydrogens is 394 g/mol. The lowest BCUT2D eigenvalue weighted by molar-refractivity contribution is 0.0986. The first kappa shape index (κ1) is 20.6. The van der Waals surface area contributed by atoms with Crippen LogP contribution >= 0.6 is 11.3 Å². The van der Waals surface area contributed by atoms with Crippen molar-refractivity contribution in [3.05, 3.63) is 60.6 Å². The second-order valence-corrected chi connectivity index (χ2v) is 7.82. The molecule has 3 aromatic rings. The molecule has 1 amide bonds. The number of nitrogens with one attached hydrogen (secondary N) is 1. The van der Waals surface area contributed by atoms with Crippen molar-refractivity contribution < 1.29 is 9.21 Å². The zero-order chi connectivity index (χ0) is 21.1. The summed E-state index contributed by atoms with van der Waals surface area (Å²) in [4.78, 5) is 46.6. The molecule has 0 aromatic carbocycles. The Labute approximate surface area is 170 Å². The summed E-state index contributed by atoms with van der Waals surface area (Å²) in [5, 5.41) is 0.735. The highest BCUT2D eigenvalue weighted by molar-refractivity contribution is 7.13. The van der Waals surface area contributed by atoms with Crippen molar-refractivity contribution in [2.75, 3.05) is 10.6 Å². The zero-order valence-corrected chi connectivity index (χ0v) is 17.3. The number of carbonyl (C=O) groups excluding carboxylic acids is 1. The average molecular weight is 417 g/mol. The van der Waals surface area contributed by atoms with Crippen LogP contribution in [0.4, 0.5) is 11.5 Å². The van der Waals surface area contributed by atoms with Crippen molar-refractivity contribution >= 4 is 28.7 Å². The van der Waals surface area contributed by atoms with Crippen molar-refractivity contribution in [3.8, 4) is 0 Å². The topological polar surface area (TPSA) is 127 Å². The number of unbranched alkanes of at least 4 members (excludes halogenated alkanes) is 1. The van der Waals surface area contributed by atoms with E-state index in [0.29, 0.717) is 29.3 Å². The Morgan fingerprint density at radius 1 is 1.38 bits per heavy atom. The largest absolute Gasteiger partial charge is 0.467 e. The Morgan fingerprint density at radius 3 is 2.72 bits per heavy atom. The molecule has 3 rings (SSSR count). The number of nitrogen functional groups attached to an aromatic ring is 1. The molecule has 154 valence electrons. The van der Waals surface area contributed by atoms with E-state index in [-0.39, 0.29) is 18.1 Å². The lowest BCUT2D eigenvalue weighted by Gasteiger charge is -2.23. The van der Waals surface area contributed by atoms with Gasteiger partial charge in [-0.1, -0.05) is 13.3 Å². The van der Waals surface area contributed by atoms with Crippen LogP contribution in [0.15, 0.2) is 32.4 Å². The van der Waals surface area contributed by atoms with Crippen LogP contribution in [0.3, 0.4) is 0 Å². The molecule has 3 N–H and O–H groups in total. The number of aromatic amines is 1. The minimum absolute atomic E-state index is 0.0124. The lowest BCUT2D eigenvalue weighted by Crippen LogP contribution is -2.40. The molecule has 0 aliphatic heterocycles. The maximum absolute atomic E-state index is 13.4. The van der Waals surface area contributed by atoms with Gasteiger partial charge in [-0.05, 0) is 32.4 Å². The fourth-order valence-electron chi connectivity index (χ4n) is 3.04. The molecule has 9 nitrogen and oxygen atoms in total. The Bertz CT molecular complexity index is 1130. The summed E-state index contributed by atoms with van der Waals surface area (Å²) in [5.41, 5.74) is 5.39. The molecule has 0 aliphatic rings. The van der Waals surface area contributed by atoms with E-state index in [9.17, 15) is 14.4 Å². The molecule has 0 fully saturated rings. The van der Waals surface area contributed by atoms with E-state index >= 15 is 0 Å². The van der Waals surface area contributed by atoms with Crippen LogP contribution in [-0.4, -0.2) is 20.4 Å². The smallest absolute Gasteiger partial charge is 0.330 e. The third-order valence-electron chi connectivity index (χ3n) is 4.46. The van der Waals surface area contributed by atoms with E-state index < -0.39 is 17.2 Å². The fraction of sp³-hybridized carbons (Fsp3) is 0.368. The van der Waals surface area contributed by atoms with Gasteiger partial charge in [-0.2, -0.15) is 0 Å². The van der Waals surface area contributed by atoms with E-state index in [2.05, 4.69) is 9.97 Å². The van der Waals surface area contributed by atoms with Gasteiger partial charge in [-0.3, -0.25) is 24.0 Å². The number of hydrogen-bond donors (Lipinski definition) is 2. The molecule has 0 radical (unpaired) electrons. The van der Waals surface area contributed by atoms with Crippen molar-refractivity contribution in [1.29, 1.82) is 0 Å². The Hall–Kier alpha value is -3.14. The van der Waals surface area contributed by atoms with Crippen molar-refractivity contribution in [2.45, 2.75) is 46.7 Å². The quantitative estimate of drug-likeness (QED) is 0.608. The number of H-pyrrole nitrogens is 1. The number of furan rings is 1. The number of nitrogens with zero attached hydrogens (tertiary/aromatic N) is 3. The first-order chi connectivity index (χ1) is 13.8. The summed E-state index contributed by atoms with van der Waals surface area (Å²) in [7, 11) is 0. The predicted molar refractivity (Wildman–Crippen MR) is 111 cm³/mol. The Kier molecular flexibility index (Phi) is 6.02. The first-order valence-electron chi connectivity index (χ1n) is 9.24. The van der Waals surface area contributed by atoms with Crippen LogP contribution in [0, 0.1) is 13.8 Å². The summed E-state index contributed by atoms with van der Waals surface area (Å²) in [6.07, 6.45) is 3.03. The summed E-state index contributed by atoms with van der Waals surface area (Å²) < 4.78 is 6.66. The fourth-order valence-corrected chi connectivity index (χ4v) is 3.91. The van der Waals surface area contributed by atoms with E-state index in [1.54, 1.807) is 26.0 Å². The maximum Gasteiger partial charge on any atom is 0.330 e. The van der Waals surface area contributed by atoms with E-state index in [0.717, 1.165) is 11.4 Å². The molecule has 0 bridgehead atoms. The van der Waals surface area contributed by atoms with E-state index in [1.165, 1.54) is 27.1 Å². The molecular formula is C19H23N5O4S. The number of anilines is 2. The minimum Gasteiger partial charge on any atom is -0.467 e. The van der Waals surface area contributed by atoms with Crippen LogP contribution < -0.4 is 21.9 Å². The van der Waals surface area contributed by atoms with Crippen LogP contribution in [0.25, 0.3) is 0 Å². The molecule has 0 saturated heterocycles. The van der Waals surface area contributed by atoms with Crippen LogP contribution in [-0.2, 0) is 13.1 Å². The number of rotatable bonds is 7. The van der Waals surface area contributed by atoms with Crippen molar-refractivity contribution in [2.24, 2.45) is 0 Å². The van der Waals surface area contributed by atoms with Gasteiger partial charge >= 0.3 is 5.69 Å². The van der Waals surface area contributed by atoms with Gasteiger partial charge in [0.1, 0.15) is 16.5 Å². The summed E-state index contributed by atoms with van der Waals surface area (Å²) in [6.45, 7) is 5.85. The average Bonchev–Trinajstić information content (AvgIpc) is 3.29. The number of nitrogens with two attached hydrogens (primary N) is 1. The molecule has 0 spiro atoms. The van der Waals surface area contributed by atoms with Gasteiger partial charge < -0.3 is 10.2 Å². The van der Waals surface area contributed by atoms with Gasteiger partial charge in [0, 0.05) is 6.54 Å². The molecule has 3 aromatic heterocycles. The number of carbonyl (C=O) groups is 1. The van der Waals surface area contributed by atoms with Crippen LogP contribution in [0.1, 0.15) is 45.9 Å². The zero-order valence-electron chi connectivity index (χ0n) is 16.5. The third kappa shape index (κ3) is 4.16. The highest BCUT2D eigenvalue weighted by Crippen LogP contribution is 2.26. The normalized spacial score (nSPS) is 11.0. The molecule has 10 heteroatoms. The number of amides is 1. The standard InChI is InChI=1S/C19H23N5O4S/c1-4-5-8-23-16(20)14(17(25)22-19(23)27)24(10-13-7-6-9-28-13)18(26)15-11(2)21-12(3)29-15/h6-7,9H,4-5,8,10,20H2,1-3H3,(H,22,25,27). The second kappa shape index (κ2) is 8.48. The maximum atomic E-state index is 13.4. The van der Waals surface area contributed by atoms with Crippen molar-refractivity contribution in [3.63, 3.8) is 0 Å². The second-order valence-electron chi connectivity index (χ2n) is 6.62. The molecule has 3 heterocycles. The number of aryl methyl sites for hydroxylation is 2. The van der Waals surface area contributed by atoms with Gasteiger partial charge in [0.05, 0.1) is 23.5 Å². The van der Waals surface area contributed by atoms with E-state index in [1.807, 2.05) is 6.92 Å². The van der Waals surface area contributed by atoms with Crippen LogP contribution in [0.2, 0.25) is 0 Å². The van der Waals surface area contributed by atoms with Gasteiger partial charge in [-0.25, -0.2) is 9.78 Å². The number of aromatic nitrogens is 3. The molecule has 0 aliphatic carbocycles. The SMILES string of the molecule is CCCCn1c(N)c(N(Cc2ccco2)C(=O)c2sc(C)nc2C)c(=O)[nH]c1=O. The highest BCUT2D eigenvalue weighted by Gasteiger charge is 2.28.